The first-order valence-electron chi connectivity index (χ1n) is 5.40. The van der Waals surface area contributed by atoms with Crippen LogP contribution in [0.3, 0.4) is 0 Å². The minimum atomic E-state index is -1.11. The predicted molar refractivity (Wildman–Crippen MR) is 64.4 cm³/mol. The molecule has 0 saturated carbocycles. The summed E-state index contributed by atoms with van der Waals surface area (Å²) in [4.78, 5) is 32.8. The maximum Gasteiger partial charge on any atom is 0.345 e. The Morgan fingerprint density at radius 2 is 2.06 bits per heavy atom. The highest BCUT2D eigenvalue weighted by molar-refractivity contribution is 5.95. The van der Waals surface area contributed by atoms with Crippen molar-refractivity contribution in [1.82, 2.24) is 15.0 Å². The number of carboxylic acid groups (broad SMARTS) is 1. The number of aromatic nitrogens is 3. The van der Waals surface area contributed by atoms with Crippen molar-refractivity contribution in [1.29, 1.82) is 0 Å². The minimum Gasteiger partial charge on any atom is -0.478 e. The molecule has 0 unspecified atom stereocenters. The van der Waals surface area contributed by atoms with Gasteiger partial charge in [-0.2, -0.15) is 4.98 Å². The fourth-order valence-corrected chi connectivity index (χ4v) is 1.73. The number of pyridine rings is 1. The van der Waals surface area contributed by atoms with Gasteiger partial charge in [-0.25, -0.2) is 9.59 Å². The van der Waals surface area contributed by atoms with Crippen LogP contribution in [0, 0.1) is 0 Å². The SMILES string of the molecule is CCc1[nH]c(=O)nc(-c2ccncc2)c1C(=O)O. The number of aromatic carboxylic acids is 1. The first-order chi connectivity index (χ1) is 8.63. The Balaban J connectivity index is 2.77. The van der Waals surface area contributed by atoms with Crippen molar-refractivity contribution >= 4 is 5.97 Å². The molecule has 2 heterocycles. The molecule has 0 aliphatic heterocycles. The third-order valence-corrected chi connectivity index (χ3v) is 2.53. The van der Waals surface area contributed by atoms with E-state index in [1.807, 2.05) is 0 Å². The molecule has 0 spiro atoms. The summed E-state index contributed by atoms with van der Waals surface area (Å²) in [6.45, 7) is 1.77. The van der Waals surface area contributed by atoms with Gasteiger partial charge in [-0.3, -0.25) is 4.98 Å². The molecule has 0 saturated heterocycles. The monoisotopic (exact) mass is 245 g/mol. The summed E-state index contributed by atoms with van der Waals surface area (Å²) in [5, 5.41) is 9.25. The van der Waals surface area contributed by atoms with Crippen molar-refractivity contribution < 1.29 is 9.90 Å². The summed E-state index contributed by atoms with van der Waals surface area (Å²) >= 11 is 0. The van der Waals surface area contributed by atoms with E-state index in [0.717, 1.165) is 0 Å². The van der Waals surface area contributed by atoms with Crippen LogP contribution in [-0.4, -0.2) is 26.0 Å². The molecule has 0 atom stereocenters. The van der Waals surface area contributed by atoms with E-state index < -0.39 is 11.7 Å². The minimum absolute atomic E-state index is 0.0308. The summed E-state index contributed by atoms with van der Waals surface area (Å²) in [7, 11) is 0. The van der Waals surface area contributed by atoms with Gasteiger partial charge >= 0.3 is 11.7 Å². The van der Waals surface area contributed by atoms with Gasteiger partial charge in [0.1, 0.15) is 5.56 Å². The first kappa shape index (κ1) is 12.0. The number of H-pyrrole nitrogens is 1. The Labute approximate surface area is 102 Å². The normalized spacial score (nSPS) is 10.3. The van der Waals surface area contributed by atoms with E-state index in [-0.39, 0.29) is 11.3 Å². The molecule has 2 aromatic rings. The summed E-state index contributed by atoms with van der Waals surface area (Å²) in [6.07, 6.45) is 3.46. The molecule has 2 rings (SSSR count). The number of hydrogen-bond donors (Lipinski definition) is 2. The summed E-state index contributed by atoms with van der Waals surface area (Å²) < 4.78 is 0. The molecular weight excluding hydrogens is 234 g/mol. The lowest BCUT2D eigenvalue weighted by Crippen LogP contribution is -2.19. The Morgan fingerprint density at radius 1 is 1.39 bits per heavy atom. The van der Waals surface area contributed by atoms with E-state index in [2.05, 4.69) is 15.0 Å². The van der Waals surface area contributed by atoms with E-state index >= 15 is 0 Å². The van der Waals surface area contributed by atoms with Crippen LogP contribution in [0.1, 0.15) is 23.0 Å². The number of nitrogens with zero attached hydrogens (tertiary/aromatic N) is 2. The number of carbonyl (C=O) groups is 1. The van der Waals surface area contributed by atoms with Crippen LogP contribution < -0.4 is 5.69 Å². The quantitative estimate of drug-likeness (QED) is 0.843. The maximum absolute atomic E-state index is 11.4. The zero-order valence-electron chi connectivity index (χ0n) is 9.67. The fourth-order valence-electron chi connectivity index (χ4n) is 1.73. The summed E-state index contributed by atoms with van der Waals surface area (Å²) in [6, 6.07) is 3.24. The molecule has 2 aromatic heterocycles. The molecule has 0 aromatic carbocycles. The van der Waals surface area contributed by atoms with E-state index in [0.29, 0.717) is 17.7 Å². The van der Waals surface area contributed by atoms with Crippen molar-refractivity contribution in [3.8, 4) is 11.3 Å². The van der Waals surface area contributed by atoms with Crippen LogP contribution in [0.25, 0.3) is 11.3 Å². The number of carboxylic acids is 1. The molecule has 92 valence electrons. The van der Waals surface area contributed by atoms with Crippen LogP contribution in [0.5, 0.6) is 0 Å². The average molecular weight is 245 g/mol. The molecule has 6 heteroatoms. The molecule has 0 aliphatic rings. The van der Waals surface area contributed by atoms with Crippen molar-refractivity contribution in [2.75, 3.05) is 0 Å². The Bertz CT molecular complexity index is 635. The molecule has 0 aliphatic carbocycles. The van der Waals surface area contributed by atoms with Crippen LogP contribution in [0.15, 0.2) is 29.3 Å². The second kappa shape index (κ2) is 4.79. The van der Waals surface area contributed by atoms with E-state index in [1.54, 1.807) is 19.1 Å². The van der Waals surface area contributed by atoms with Crippen LogP contribution in [-0.2, 0) is 6.42 Å². The van der Waals surface area contributed by atoms with Crippen molar-refractivity contribution in [2.24, 2.45) is 0 Å². The van der Waals surface area contributed by atoms with Crippen LogP contribution >= 0.6 is 0 Å². The molecule has 18 heavy (non-hydrogen) atoms. The highest BCUT2D eigenvalue weighted by atomic mass is 16.4. The lowest BCUT2D eigenvalue weighted by atomic mass is 10.0. The van der Waals surface area contributed by atoms with E-state index in [9.17, 15) is 14.7 Å². The zero-order chi connectivity index (χ0) is 13.1. The lowest BCUT2D eigenvalue weighted by Gasteiger charge is -2.08. The molecule has 0 fully saturated rings. The third-order valence-electron chi connectivity index (χ3n) is 2.53. The fraction of sp³-hybridized carbons (Fsp3) is 0.167. The van der Waals surface area contributed by atoms with Crippen molar-refractivity contribution in [2.45, 2.75) is 13.3 Å². The number of hydrogen-bond acceptors (Lipinski definition) is 4. The molecule has 0 radical (unpaired) electrons. The highest BCUT2D eigenvalue weighted by Gasteiger charge is 2.18. The van der Waals surface area contributed by atoms with Gasteiger partial charge in [-0.15, -0.1) is 0 Å². The second-order valence-electron chi connectivity index (χ2n) is 3.64. The standard InChI is InChI=1S/C12H11N3O3/c1-2-8-9(11(16)17)10(15-12(18)14-8)7-3-5-13-6-4-7/h3-6H,2H2,1H3,(H,16,17)(H,14,15,18). The average Bonchev–Trinajstić information content (AvgIpc) is 2.38. The molecule has 2 N–H and O–H groups in total. The third kappa shape index (κ3) is 2.13. The van der Waals surface area contributed by atoms with Crippen molar-refractivity contribution in [3.05, 3.63) is 46.3 Å². The first-order valence-corrected chi connectivity index (χ1v) is 5.40. The Kier molecular flexibility index (Phi) is 3.18. The van der Waals surface area contributed by atoms with Crippen LogP contribution in [0.2, 0.25) is 0 Å². The summed E-state index contributed by atoms with van der Waals surface area (Å²) in [5.74, 6) is -1.11. The highest BCUT2D eigenvalue weighted by Crippen LogP contribution is 2.21. The predicted octanol–water partition coefficient (Wildman–Crippen LogP) is 1.09. The zero-order valence-corrected chi connectivity index (χ0v) is 9.67. The topological polar surface area (TPSA) is 95.9 Å². The van der Waals surface area contributed by atoms with E-state index in [4.69, 9.17) is 0 Å². The molecule has 0 amide bonds. The number of aryl methyl sites for hydroxylation is 1. The molecular formula is C12H11N3O3. The number of rotatable bonds is 3. The number of nitrogens with one attached hydrogen (secondary N) is 1. The molecule has 0 bridgehead atoms. The number of aromatic amines is 1. The van der Waals surface area contributed by atoms with Gasteiger partial charge in [0.25, 0.3) is 0 Å². The largest absolute Gasteiger partial charge is 0.478 e. The summed E-state index contributed by atoms with van der Waals surface area (Å²) in [5.41, 5.74) is 0.579. The van der Waals surface area contributed by atoms with Gasteiger partial charge in [0, 0.05) is 23.7 Å². The van der Waals surface area contributed by atoms with Gasteiger partial charge in [0.05, 0.1) is 5.69 Å². The Hall–Kier alpha value is -2.50. The van der Waals surface area contributed by atoms with Crippen LogP contribution in [0.4, 0.5) is 0 Å². The Morgan fingerprint density at radius 3 is 2.61 bits per heavy atom. The van der Waals surface area contributed by atoms with Gasteiger partial charge in [-0.05, 0) is 18.6 Å². The molecule has 6 nitrogen and oxygen atoms in total. The van der Waals surface area contributed by atoms with E-state index in [1.165, 1.54) is 12.4 Å². The van der Waals surface area contributed by atoms with Gasteiger partial charge < -0.3 is 10.1 Å². The van der Waals surface area contributed by atoms with Gasteiger partial charge in [0.2, 0.25) is 0 Å². The van der Waals surface area contributed by atoms with Gasteiger partial charge in [0.15, 0.2) is 0 Å². The van der Waals surface area contributed by atoms with Gasteiger partial charge in [-0.1, -0.05) is 6.92 Å². The van der Waals surface area contributed by atoms with Crippen molar-refractivity contribution in [3.63, 3.8) is 0 Å². The maximum atomic E-state index is 11.4. The second-order valence-corrected chi connectivity index (χ2v) is 3.64. The lowest BCUT2D eigenvalue weighted by molar-refractivity contribution is 0.0695. The smallest absolute Gasteiger partial charge is 0.345 e.